The predicted molar refractivity (Wildman–Crippen MR) is 118 cm³/mol. The van der Waals surface area contributed by atoms with Crippen molar-refractivity contribution in [1.82, 2.24) is 15.4 Å². The number of fused-ring (bicyclic) bond motifs is 1. The van der Waals surface area contributed by atoms with Crippen LogP contribution in [0.4, 0.5) is 14.6 Å². The van der Waals surface area contributed by atoms with Gasteiger partial charge in [-0.1, -0.05) is 18.9 Å². The van der Waals surface area contributed by atoms with Gasteiger partial charge in [0.25, 0.3) is 0 Å². The summed E-state index contributed by atoms with van der Waals surface area (Å²) < 4.78 is 38.0. The molecule has 0 unspecified atom stereocenters. The Bertz CT molecular complexity index is 1100. The Hall–Kier alpha value is -3.53. The predicted octanol–water partition coefficient (Wildman–Crippen LogP) is 4.36. The summed E-state index contributed by atoms with van der Waals surface area (Å²) in [6.07, 6.45) is 4.89. The molecule has 8 nitrogen and oxygen atoms in total. The van der Waals surface area contributed by atoms with E-state index in [1.54, 1.807) is 24.7 Å². The summed E-state index contributed by atoms with van der Waals surface area (Å²) in [5, 5.41) is 12.3. The maximum absolute atomic E-state index is 13.5. The summed E-state index contributed by atoms with van der Waals surface area (Å²) in [5.74, 6) is -0.583. The highest BCUT2D eigenvalue weighted by molar-refractivity contribution is 5.91. The Kier molecular flexibility index (Phi) is 8.71. The first-order chi connectivity index (χ1) is 16.0. The molecule has 0 spiro atoms. The molecule has 0 saturated heterocycles. The number of methoxy groups -OCH3 is 1. The fraction of sp³-hybridized carbons (Fsp3) is 0.348. The molecule has 3 N–H and O–H groups in total. The molecule has 1 aromatic heterocycles. The van der Waals surface area contributed by atoms with Crippen LogP contribution in [-0.4, -0.2) is 34.8 Å². The second kappa shape index (κ2) is 11.9. The highest BCUT2D eigenvalue weighted by Gasteiger charge is 2.12. The monoisotopic (exact) mass is 460 g/mol. The molecule has 3 rings (SSSR count). The Morgan fingerprint density at radius 3 is 2.61 bits per heavy atom. The fourth-order valence-corrected chi connectivity index (χ4v) is 3.29. The quantitative estimate of drug-likeness (QED) is 0.209. The Labute approximate surface area is 189 Å². The summed E-state index contributed by atoms with van der Waals surface area (Å²) in [5.41, 5.74) is 2.83. The molecule has 3 aromatic rings. The minimum atomic E-state index is -0.904. The van der Waals surface area contributed by atoms with Crippen LogP contribution in [0.5, 0.6) is 11.5 Å². The third kappa shape index (κ3) is 6.72. The standard InChI is InChI=1S/C23H26F2N4O4/c1-32-20-12-19-16(11-21(20)33-9-5-3-2-4-6-22(30)29-31)23(28-14-27-19)26-13-15-7-8-17(24)18(25)10-15/h7-8,10-12,14,31H,2-6,9,13H2,1H3,(H,29,30)(H,26,27,28). The lowest BCUT2D eigenvalue weighted by Gasteiger charge is -2.14. The van der Waals surface area contributed by atoms with Crippen LogP contribution >= 0.6 is 0 Å². The number of aromatic nitrogens is 2. The van der Waals surface area contributed by atoms with E-state index < -0.39 is 11.6 Å². The van der Waals surface area contributed by atoms with E-state index in [0.717, 1.165) is 31.4 Å². The van der Waals surface area contributed by atoms with E-state index >= 15 is 0 Å². The molecule has 0 bridgehead atoms. The second-order valence-corrected chi connectivity index (χ2v) is 7.39. The summed E-state index contributed by atoms with van der Waals surface area (Å²) >= 11 is 0. The normalized spacial score (nSPS) is 10.8. The van der Waals surface area contributed by atoms with Crippen molar-refractivity contribution < 1.29 is 28.3 Å². The number of unbranched alkanes of at least 4 members (excludes halogenated alkanes) is 3. The molecule has 0 atom stereocenters. The lowest BCUT2D eigenvalue weighted by molar-refractivity contribution is -0.129. The number of rotatable bonds is 12. The van der Waals surface area contributed by atoms with Gasteiger partial charge in [-0.05, 0) is 36.6 Å². The number of nitrogens with one attached hydrogen (secondary N) is 2. The van der Waals surface area contributed by atoms with Crippen molar-refractivity contribution in [3.63, 3.8) is 0 Å². The molecule has 10 heteroatoms. The Morgan fingerprint density at radius 2 is 1.85 bits per heavy atom. The van der Waals surface area contributed by atoms with Gasteiger partial charge in [-0.3, -0.25) is 10.0 Å². The number of carbonyl (C=O) groups is 1. The Morgan fingerprint density at radius 1 is 1.03 bits per heavy atom. The number of halogens is 2. The van der Waals surface area contributed by atoms with Crippen LogP contribution in [0.1, 0.15) is 37.7 Å². The van der Waals surface area contributed by atoms with Gasteiger partial charge in [-0.15, -0.1) is 0 Å². The van der Waals surface area contributed by atoms with Gasteiger partial charge in [-0.25, -0.2) is 24.2 Å². The highest BCUT2D eigenvalue weighted by atomic mass is 19.2. The summed E-state index contributed by atoms with van der Waals surface area (Å²) in [7, 11) is 1.55. The van der Waals surface area contributed by atoms with Gasteiger partial charge >= 0.3 is 0 Å². The van der Waals surface area contributed by atoms with Crippen molar-refractivity contribution in [3.05, 3.63) is 53.9 Å². The summed E-state index contributed by atoms with van der Waals surface area (Å²) in [6.45, 7) is 0.708. The van der Waals surface area contributed by atoms with E-state index in [4.69, 9.17) is 14.7 Å². The van der Waals surface area contributed by atoms with E-state index in [1.807, 2.05) is 0 Å². The molecule has 2 aromatic carbocycles. The van der Waals surface area contributed by atoms with E-state index in [0.29, 0.717) is 46.8 Å². The molecule has 1 amide bonds. The first-order valence-corrected chi connectivity index (χ1v) is 10.6. The smallest absolute Gasteiger partial charge is 0.243 e. The minimum absolute atomic E-state index is 0.250. The van der Waals surface area contributed by atoms with Crippen LogP contribution in [-0.2, 0) is 11.3 Å². The molecular weight excluding hydrogens is 434 g/mol. The number of hydrogen-bond acceptors (Lipinski definition) is 7. The Balaban J connectivity index is 1.64. The van der Waals surface area contributed by atoms with E-state index in [-0.39, 0.29) is 18.9 Å². The zero-order valence-electron chi connectivity index (χ0n) is 18.2. The number of anilines is 1. The first-order valence-electron chi connectivity index (χ1n) is 10.6. The summed E-state index contributed by atoms with van der Waals surface area (Å²) in [6, 6.07) is 7.26. The van der Waals surface area contributed by atoms with Gasteiger partial charge in [0.15, 0.2) is 23.1 Å². The number of hydroxylamine groups is 1. The minimum Gasteiger partial charge on any atom is -0.493 e. The van der Waals surface area contributed by atoms with E-state index in [1.165, 1.54) is 12.4 Å². The lowest BCUT2D eigenvalue weighted by atomic mass is 10.1. The maximum atomic E-state index is 13.5. The topological polar surface area (TPSA) is 106 Å². The van der Waals surface area contributed by atoms with Crippen molar-refractivity contribution in [3.8, 4) is 11.5 Å². The van der Waals surface area contributed by atoms with Crippen LogP contribution in [0.15, 0.2) is 36.7 Å². The van der Waals surface area contributed by atoms with Gasteiger partial charge in [0.1, 0.15) is 12.1 Å². The van der Waals surface area contributed by atoms with Gasteiger partial charge in [0.05, 0.1) is 19.2 Å². The third-order valence-electron chi connectivity index (χ3n) is 5.05. The van der Waals surface area contributed by atoms with Crippen molar-refractivity contribution in [1.29, 1.82) is 0 Å². The second-order valence-electron chi connectivity index (χ2n) is 7.39. The molecule has 0 aliphatic carbocycles. The van der Waals surface area contributed by atoms with Crippen molar-refractivity contribution in [2.24, 2.45) is 0 Å². The molecule has 1 heterocycles. The lowest BCUT2D eigenvalue weighted by Crippen LogP contribution is -2.17. The number of ether oxygens (including phenoxy) is 2. The van der Waals surface area contributed by atoms with Crippen LogP contribution < -0.4 is 20.3 Å². The molecule has 33 heavy (non-hydrogen) atoms. The van der Waals surface area contributed by atoms with Crippen LogP contribution in [0, 0.1) is 11.6 Å². The zero-order valence-corrected chi connectivity index (χ0v) is 18.2. The number of nitrogens with zero attached hydrogens (tertiary/aromatic N) is 2. The van der Waals surface area contributed by atoms with Crippen molar-refractivity contribution in [2.45, 2.75) is 38.6 Å². The molecule has 0 radical (unpaired) electrons. The van der Waals surface area contributed by atoms with E-state index in [2.05, 4.69) is 15.3 Å². The van der Waals surface area contributed by atoms with Gasteiger partial charge in [0.2, 0.25) is 5.91 Å². The maximum Gasteiger partial charge on any atom is 0.243 e. The van der Waals surface area contributed by atoms with Crippen LogP contribution in [0.25, 0.3) is 10.9 Å². The zero-order chi connectivity index (χ0) is 23.6. The van der Waals surface area contributed by atoms with Crippen LogP contribution in [0.3, 0.4) is 0 Å². The SMILES string of the molecule is COc1cc2ncnc(NCc3ccc(F)c(F)c3)c2cc1OCCCCCCC(=O)NO. The highest BCUT2D eigenvalue weighted by Crippen LogP contribution is 2.34. The summed E-state index contributed by atoms with van der Waals surface area (Å²) in [4.78, 5) is 19.5. The van der Waals surface area contributed by atoms with Crippen LogP contribution in [0.2, 0.25) is 0 Å². The molecule has 0 fully saturated rings. The molecular formula is C23H26F2N4O4. The van der Waals surface area contributed by atoms with Gasteiger partial charge in [0, 0.05) is 24.4 Å². The van der Waals surface area contributed by atoms with Gasteiger partial charge < -0.3 is 14.8 Å². The van der Waals surface area contributed by atoms with Crippen molar-refractivity contribution in [2.75, 3.05) is 19.0 Å². The molecule has 0 aliphatic rings. The fourth-order valence-electron chi connectivity index (χ4n) is 3.29. The average Bonchev–Trinajstić information content (AvgIpc) is 2.83. The number of carbonyl (C=O) groups excluding carboxylic acids is 1. The molecule has 0 saturated carbocycles. The molecule has 0 aliphatic heterocycles. The first kappa shape index (κ1) is 24.1. The van der Waals surface area contributed by atoms with Gasteiger partial charge in [-0.2, -0.15) is 0 Å². The van der Waals surface area contributed by atoms with Crippen molar-refractivity contribution >= 4 is 22.6 Å². The number of amides is 1. The third-order valence-corrected chi connectivity index (χ3v) is 5.05. The molecule has 176 valence electrons. The number of hydrogen-bond donors (Lipinski definition) is 3. The largest absolute Gasteiger partial charge is 0.493 e. The average molecular weight is 460 g/mol. The van der Waals surface area contributed by atoms with E-state index in [9.17, 15) is 13.6 Å². The number of benzene rings is 2.